The average Bonchev–Trinajstić information content (AvgIpc) is 3.08. The number of amides is 2. The smallest absolute Gasteiger partial charge is 0.273 e. The lowest BCUT2D eigenvalue weighted by Gasteiger charge is -2.34. The second-order valence-electron chi connectivity index (χ2n) is 11.1. The lowest BCUT2D eigenvalue weighted by atomic mass is 10.0. The summed E-state index contributed by atoms with van der Waals surface area (Å²) >= 11 is 0. The Morgan fingerprint density at radius 3 is 2.23 bits per heavy atom. The van der Waals surface area contributed by atoms with Gasteiger partial charge >= 0.3 is 0 Å². The third-order valence-corrected chi connectivity index (χ3v) is 9.46. The largest absolute Gasteiger partial charge is 0.497 e. The zero-order valence-corrected chi connectivity index (χ0v) is 27.7. The third-order valence-electron chi connectivity index (χ3n) is 7.69. The molecule has 0 heterocycles. The number of rotatable bonds is 15. The zero-order chi connectivity index (χ0) is 34.8. The van der Waals surface area contributed by atoms with E-state index >= 15 is 0 Å². The maximum atomic E-state index is 14.5. The number of benzene rings is 4. The van der Waals surface area contributed by atoms with E-state index in [0.717, 1.165) is 15.9 Å². The van der Waals surface area contributed by atoms with Crippen LogP contribution in [-0.2, 0) is 32.6 Å². The Labute approximate surface area is 279 Å². The van der Waals surface area contributed by atoms with Gasteiger partial charge in [0.1, 0.15) is 24.2 Å². The maximum Gasteiger partial charge on any atom is 0.273 e. The Morgan fingerprint density at radius 2 is 1.62 bits per heavy atom. The van der Waals surface area contributed by atoms with Crippen LogP contribution >= 0.6 is 0 Å². The van der Waals surface area contributed by atoms with Crippen molar-refractivity contribution in [3.05, 3.63) is 130 Å². The summed E-state index contributed by atoms with van der Waals surface area (Å²) in [5, 5.41) is 14.6. The first-order valence-electron chi connectivity index (χ1n) is 15.2. The van der Waals surface area contributed by atoms with E-state index in [1.54, 1.807) is 12.1 Å². The van der Waals surface area contributed by atoms with Crippen molar-refractivity contribution in [3.63, 3.8) is 0 Å². The van der Waals surface area contributed by atoms with Gasteiger partial charge in [0.25, 0.3) is 15.7 Å². The highest BCUT2D eigenvalue weighted by Crippen LogP contribution is 2.30. The van der Waals surface area contributed by atoms with Crippen LogP contribution in [0, 0.1) is 22.9 Å². The molecule has 0 aliphatic rings. The van der Waals surface area contributed by atoms with Crippen molar-refractivity contribution in [2.45, 2.75) is 44.2 Å². The van der Waals surface area contributed by atoms with Crippen LogP contribution in [0.2, 0.25) is 0 Å². The number of anilines is 1. The van der Waals surface area contributed by atoms with Crippen LogP contribution in [-0.4, -0.2) is 56.3 Å². The molecule has 48 heavy (non-hydrogen) atoms. The number of hydrogen-bond donors (Lipinski definition) is 1. The van der Waals surface area contributed by atoms with Crippen LogP contribution in [0.15, 0.2) is 102 Å². The standard InChI is InChI=1S/C35H37FN4O7S/c1-4-20-37-35(42)33(21-26-8-6-5-7-9-26)38(23-27-11-13-28(36)14-12-27)34(41)24-39(29-15-17-30(47-3)18-16-29)48(45,46)31-19-10-25(2)32(22-31)40(43)44/h5-19,22,33H,4,20-21,23-24H2,1-3H3,(H,37,42)/t33-/m1/s1. The minimum Gasteiger partial charge on any atom is -0.497 e. The SMILES string of the molecule is CCCNC(=O)[C@@H](Cc1ccccc1)N(Cc1ccc(F)cc1)C(=O)CN(c1ccc(OC)cc1)S(=O)(=O)c1ccc(C)c([N+](=O)[O-])c1. The molecule has 0 saturated heterocycles. The Balaban J connectivity index is 1.83. The number of carbonyl (C=O) groups excluding carboxylic acids is 2. The molecule has 1 atom stereocenters. The van der Waals surface area contributed by atoms with Gasteiger partial charge in [-0.25, -0.2) is 12.8 Å². The lowest BCUT2D eigenvalue weighted by molar-refractivity contribution is -0.385. The first-order valence-corrected chi connectivity index (χ1v) is 16.7. The summed E-state index contributed by atoms with van der Waals surface area (Å²) < 4.78 is 48.4. The first-order chi connectivity index (χ1) is 22.9. The summed E-state index contributed by atoms with van der Waals surface area (Å²) in [5.41, 5.74) is 1.23. The molecule has 0 aromatic heterocycles. The summed E-state index contributed by atoms with van der Waals surface area (Å²) in [4.78, 5) is 40.1. The number of nitrogens with one attached hydrogen (secondary N) is 1. The molecule has 1 N–H and O–H groups in total. The predicted molar refractivity (Wildman–Crippen MR) is 180 cm³/mol. The van der Waals surface area contributed by atoms with E-state index in [9.17, 15) is 32.5 Å². The Morgan fingerprint density at radius 1 is 0.958 bits per heavy atom. The third kappa shape index (κ3) is 8.73. The molecule has 4 aromatic carbocycles. The van der Waals surface area contributed by atoms with Crippen molar-refractivity contribution in [1.82, 2.24) is 10.2 Å². The van der Waals surface area contributed by atoms with Crippen molar-refractivity contribution in [2.24, 2.45) is 0 Å². The Kier molecular flexibility index (Phi) is 11.9. The summed E-state index contributed by atoms with van der Waals surface area (Å²) in [6, 6.07) is 22.9. The number of sulfonamides is 1. The van der Waals surface area contributed by atoms with Gasteiger partial charge in [0.05, 0.1) is 22.6 Å². The van der Waals surface area contributed by atoms with Crippen molar-refractivity contribution in [2.75, 3.05) is 24.5 Å². The molecule has 0 radical (unpaired) electrons. The molecular formula is C35H37FN4O7S. The molecule has 0 unspecified atom stereocenters. The summed E-state index contributed by atoms with van der Waals surface area (Å²) in [5.74, 6) is -1.22. The number of nitro groups is 1. The molecule has 0 bridgehead atoms. The number of nitro benzene ring substituents is 1. The van der Waals surface area contributed by atoms with Gasteiger partial charge < -0.3 is 15.0 Å². The summed E-state index contributed by atoms with van der Waals surface area (Å²) in [6.45, 7) is 2.83. The second kappa shape index (κ2) is 16.0. The van der Waals surface area contributed by atoms with E-state index in [1.807, 2.05) is 25.1 Å². The maximum absolute atomic E-state index is 14.5. The van der Waals surface area contributed by atoms with Crippen LogP contribution in [0.5, 0.6) is 5.75 Å². The number of halogens is 1. The van der Waals surface area contributed by atoms with Gasteiger partial charge in [-0.15, -0.1) is 0 Å². The van der Waals surface area contributed by atoms with Crippen molar-refractivity contribution in [1.29, 1.82) is 0 Å². The van der Waals surface area contributed by atoms with Gasteiger partial charge in [-0.3, -0.25) is 24.0 Å². The Bertz CT molecular complexity index is 1840. The highest BCUT2D eigenvalue weighted by atomic mass is 32.2. The average molecular weight is 677 g/mol. The van der Waals surface area contributed by atoms with E-state index in [2.05, 4.69) is 5.32 Å². The molecule has 0 aliphatic heterocycles. The molecule has 11 nitrogen and oxygen atoms in total. The molecule has 0 fully saturated rings. The van der Waals surface area contributed by atoms with Gasteiger partial charge in [0, 0.05) is 31.1 Å². The van der Waals surface area contributed by atoms with Crippen LogP contribution in [0.25, 0.3) is 0 Å². The van der Waals surface area contributed by atoms with Gasteiger partial charge in [0.2, 0.25) is 11.8 Å². The van der Waals surface area contributed by atoms with E-state index in [-0.39, 0.29) is 24.2 Å². The van der Waals surface area contributed by atoms with Crippen molar-refractivity contribution >= 4 is 33.2 Å². The number of carbonyl (C=O) groups is 2. The van der Waals surface area contributed by atoms with Gasteiger partial charge in [-0.05, 0) is 66.9 Å². The fraction of sp³-hybridized carbons (Fsp3) is 0.257. The van der Waals surface area contributed by atoms with E-state index in [0.29, 0.717) is 24.3 Å². The molecule has 4 aromatic rings. The fourth-order valence-electron chi connectivity index (χ4n) is 5.06. The fourth-order valence-corrected chi connectivity index (χ4v) is 6.49. The highest BCUT2D eigenvalue weighted by molar-refractivity contribution is 7.92. The molecule has 0 aliphatic carbocycles. The monoisotopic (exact) mass is 676 g/mol. The van der Waals surface area contributed by atoms with E-state index in [1.165, 1.54) is 79.6 Å². The first kappa shape index (κ1) is 35.6. The zero-order valence-electron chi connectivity index (χ0n) is 26.8. The minimum atomic E-state index is -4.58. The van der Waals surface area contributed by atoms with Crippen LogP contribution in [0.1, 0.15) is 30.0 Å². The number of nitrogens with zero attached hydrogens (tertiary/aromatic N) is 3. The van der Waals surface area contributed by atoms with Crippen molar-refractivity contribution < 1.29 is 32.1 Å². The summed E-state index contributed by atoms with van der Waals surface area (Å²) in [7, 11) is -3.14. The predicted octanol–water partition coefficient (Wildman–Crippen LogP) is 5.41. The quantitative estimate of drug-likeness (QED) is 0.131. The molecule has 13 heteroatoms. The molecule has 4 rings (SSSR count). The Hall–Kier alpha value is -5.30. The number of ether oxygens (including phenoxy) is 1. The normalized spacial score (nSPS) is 11.8. The van der Waals surface area contributed by atoms with E-state index < -0.39 is 55.7 Å². The molecule has 2 amide bonds. The van der Waals surface area contributed by atoms with Crippen LogP contribution in [0.4, 0.5) is 15.8 Å². The van der Waals surface area contributed by atoms with Gasteiger partial charge in [-0.2, -0.15) is 0 Å². The lowest BCUT2D eigenvalue weighted by Crippen LogP contribution is -2.53. The number of aryl methyl sites for hydroxylation is 1. The number of hydrogen-bond acceptors (Lipinski definition) is 7. The van der Waals surface area contributed by atoms with E-state index in [4.69, 9.17) is 4.74 Å². The molecule has 0 saturated carbocycles. The van der Waals surface area contributed by atoms with Crippen LogP contribution in [0.3, 0.4) is 0 Å². The van der Waals surface area contributed by atoms with Crippen molar-refractivity contribution in [3.8, 4) is 5.75 Å². The second-order valence-corrected chi connectivity index (χ2v) is 12.9. The topological polar surface area (TPSA) is 139 Å². The van der Waals surface area contributed by atoms with Crippen LogP contribution < -0.4 is 14.4 Å². The summed E-state index contributed by atoms with van der Waals surface area (Å²) in [6.07, 6.45) is 0.755. The minimum absolute atomic E-state index is 0.0872. The van der Waals surface area contributed by atoms with Gasteiger partial charge in [-0.1, -0.05) is 55.5 Å². The molecule has 252 valence electrons. The number of methoxy groups -OCH3 is 1. The highest BCUT2D eigenvalue weighted by Gasteiger charge is 2.35. The molecular weight excluding hydrogens is 639 g/mol. The molecule has 0 spiro atoms. The van der Waals surface area contributed by atoms with Gasteiger partial charge in [0.15, 0.2) is 0 Å².